The maximum absolute atomic E-state index is 11.2. The Balaban J connectivity index is 1.73. The smallest absolute Gasteiger partial charge is 0.119 e. The number of aliphatic hydroxyl groups excluding tert-OH is 1. The number of piperidine rings is 3. The molecule has 24 heavy (non-hydrogen) atoms. The van der Waals surface area contributed by atoms with Gasteiger partial charge in [0.25, 0.3) is 0 Å². The van der Waals surface area contributed by atoms with Crippen molar-refractivity contribution in [2.45, 2.75) is 12.5 Å². The van der Waals surface area contributed by atoms with E-state index in [-0.39, 0.29) is 5.92 Å². The van der Waals surface area contributed by atoms with Crippen molar-refractivity contribution in [2.75, 3.05) is 26.7 Å². The fourth-order valence-corrected chi connectivity index (χ4v) is 4.74. The van der Waals surface area contributed by atoms with Crippen molar-refractivity contribution in [3.05, 3.63) is 48.7 Å². The van der Waals surface area contributed by atoms with Crippen LogP contribution in [0, 0.1) is 17.8 Å². The summed E-state index contributed by atoms with van der Waals surface area (Å²) in [4.78, 5) is 6.04. The zero-order valence-corrected chi connectivity index (χ0v) is 14.1. The Labute approximate surface area is 142 Å². The lowest BCUT2D eigenvalue weighted by Gasteiger charge is -2.47. The molecule has 3 aliphatic heterocycles. The number of rotatable bonds is 4. The third-order valence-electron chi connectivity index (χ3n) is 5.99. The molecule has 0 spiro atoms. The molecule has 3 aliphatic rings. The Morgan fingerprint density at radius 3 is 3.00 bits per heavy atom. The Hall–Kier alpha value is -1.91. The molecule has 0 saturated carbocycles. The molecule has 4 heteroatoms. The molecule has 126 valence electrons. The van der Waals surface area contributed by atoms with Gasteiger partial charge in [-0.1, -0.05) is 6.08 Å². The number of aliphatic hydroxyl groups is 1. The number of quaternary nitrogens is 1. The summed E-state index contributed by atoms with van der Waals surface area (Å²) in [7, 11) is 1.67. The van der Waals surface area contributed by atoms with E-state index < -0.39 is 6.10 Å². The first-order chi connectivity index (χ1) is 11.7. The minimum Gasteiger partial charge on any atom is -0.497 e. The summed E-state index contributed by atoms with van der Waals surface area (Å²) < 4.78 is 5.36. The highest BCUT2D eigenvalue weighted by Crippen LogP contribution is 2.39. The molecule has 5 rings (SSSR count). The molecule has 1 aromatic carbocycles. The average molecular weight is 325 g/mol. The molecular formula is C20H25N2O2+. The first-order valence-corrected chi connectivity index (χ1v) is 8.78. The van der Waals surface area contributed by atoms with Gasteiger partial charge in [0.2, 0.25) is 0 Å². The van der Waals surface area contributed by atoms with Crippen molar-refractivity contribution in [2.24, 2.45) is 17.8 Å². The van der Waals surface area contributed by atoms with E-state index in [4.69, 9.17) is 4.74 Å². The number of fused-ring (bicyclic) bond motifs is 4. The van der Waals surface area contributed by atoms with Crippen LogP contribution in [0.3, 0.4) is 0 Å². The van der Waals surface area contributed by atoms with Crippen LogP contribution in [-0.2, 0) is 0 Å². The topological polar surface area (TPSA) is 46.8 Å². The summed E-state index contributed by atoms with van der Waals surface area (Å²) >= 11 is 0. The van der Waals surface area contributed by atoms with Gasteiger partial charge in [-0.2, -0.15) is 0 Å². The highest BCUT2D eigenvalue weighted by Gasteiger charge is 2.46. The van der Waals surface area contributed by atoms with Crippen molar-refractivity contribution in [3.8, 4) is 5.75 Å². The maximum atomic E-state index is 11.2. The summed E-state index contributed by atoms with van der Waals surface area (Å²) in [5.74, 6) is 2.13. The van der Waals surface area contributed by atoms with Crippen LogP contribution >= 0.6 is 0 Å². The van der Waals surface area contributed by atoms with Crippen LogP contribution in [-0.4, -0.2) is 36.8 Å². The summed E-state index contributed by atoms with van der Waals surface area (Å²) in [5, 5.41) is 12.2. The van der Waals surface area contributed by atoms with Crippen LogP contribution in [0.25, 0.3) is 10.9 Å². The Morgan fingerprint density at radius 2 is 2.25 bits per heavy atom. The van der Waals surface area contributed by atoms with E-state index in [1.165, 1.54) is 19.5 Å². The largest absolute Gasteiger partial charge is 0.497 e. The third kappa shape index (κ3) is 2.50. The van der Waals surface area contributed by atoms with E-state index in [0.717, 1.165) is 28.8 Å². The Kier molecular flexibility index (Phi) is 4.02. The molecular weight excluding hydrogens is 300 g/mol. The summed E-state index contributed by atoms with van der Waals surface area (Å²) in [6, 6.07) is 7.82. The molecule has 2 N–H and O–H groups in total. The Morgan fingerprint density at radius 1 is 1.38 bits per heavy atom. The maximum Gasteiger partial charge on any atom is 0.119 e. The van der Waals surface area contributed by atoms with Crippen LogP contribution in [0.15, 0.2) is 43.1 Å². The van der Waals surface area contributed by atoms with Gasteiger partial charge in [-0.25, -0.2) is 0 Å². The number of hydrogen-bond acceptors (Lipinski definition) is 3. The molecule has 2 aromatic rings. The molecule has 4 heterocycles. The van der Waals surface area contributed by atoms with Crippen molar-refractivity contribution in [1.29, 1.82) is 0 Å². The first kappa shape index (κ1) is 15.6. The van der Waals surface area contributed by atoms with Crippen LogP contribution in [0.4, 0.5) is 0 Å². The number of hydrogen-bond donors (Lipinski definition) is 2. The van der Waals surface area contributed by atoms with Crippen molar-refractivity contribution in [3.63, 3.8) is 0 Å². The SMILES string of the molecule is C=C[C@H]1C[NH+]2CC[C@@H]1[C@@H]([C@@H](O)c1ccnc3ccc(OC)cc13)C2. The van der Waals surface area contributed by atoms with Gasteiger partial charge < -0.3 is 14.7 Å². The van der Waals surface area contributed by atoms with Gasteiger partial charge in [0, 0.05) is 29.8 Å². The molecule has 3 fully saturated rings. The van der Waals surface area contributed by atoms with Gasteiger partial charge in [0.15, 0.2) is 0 Å². The molecule has 1 aromatic heterocycles. The van der Waals surface area contributed by atoms with Gasteiger partial charge in [-0.05, 0) is 35.7 Å². The standard InChI is InChI=1S/C20H24N2O2/c1-3-13-11-22-9-7-15(13)18(12-22)20(23)16-6-8-21-19-5-4-14(24-2)10-17(16)19/h3-6,8,10,13,15,18,20,23H,1,7,9,11-12H2,2H3/p+1/t13-,15-,18-,20-/m0/s1. The van der Waals surface area contributed by atoms with Crippen LogP contribution in [0.2, 0.25) is 0 Å². The molecule has 2 bridgehead atoms. The normalized spacial score (nSPS) is 30.2. The summed E-state index contributed by atoms with van der Waals surface area (Å²) in [6.45, 7) is 7.46. The van der Waals surface area contributed by atoms with Crippen LogP contribution in [0.1, 0.15) is 18.1 Å². The van der Waals surface area contributed by atoms with E-state index in [2.05, 4.69) is 17.6 Å². The van der Waals surface area contributed by atoms with Crippen LogP contribution < -0.4 is 9.64 Å². The molecule has 4 nitrogen and oxygen atoms in total. The monoisotopic (exact) mass is 325 g/mol. The zero-order valence-electron chi connectivity index (χ0n) is 14.1. The summed E-state index contributed by atoms with van der Waals surface area (Å²) in [6.07, 6.45) is 4.61. The quantitative estimate of drug-likeness (QED) is 0.840. The molecule has 0 amide bonds. The number of nitrogens with one attached hydrogen (secondary N) is 1. The lowest BCUT2D eigenvalue weighted by molar-refractivity contribution is -0.925. The minimum absolute atomic E-state index is 0.280. The molecule has 3 saturated heterocycles. The van der Waals surface area contributed by atoms with E-state index in [1.807, 2.05) is 24.3 Å². The van der Waals surface area contributed by atoms with Gasteiger partial charge in [0.05, 0.1) is 38.4 Å². The van der Waals surface area contributed by atoms with E-state index >= 15 is 0 Å². The average Bonchev–Trinajstić information content (AvgIpc) is 2.66. The Bertz CT molecular complexity index is 760. The number of methoxy groups -OCH3 is 1. The van der Waals surface area contributed by atoms with Gasteiger partial charge >= 0.3 is 0 Å². The number of pyridine rings is 1. The zero-order chi connectivity index (χ0) is 16.7. The fourth-order valence-electron chi connectivity index (χ4n) is 4.74. The fraction of sp³-hybridized carbons (Fsp3) is 0.450. The molecule has 0 radical (unpaired) electrons. The second-order valence-electron chi connectivity index (χ2n) is 7.15. The van der Waals surface area contributed by atoms with Crippen molar-refractivity contribution in [1.82, 2.24) is 4.98 Å². The molecule has 1 unspecified atom stereocenters. The predicted molar refractivity (Wildman–Crippen MR) is 94.1 cm³/mol. The second-order valence-corrected chi connectivity index (χ2v) is 7.15. The first-order valence-electron chi connectivity index (χ1n) is 8.78. The molecule has 5 atom stereocenters. The number of aromatic nitrogens is 1. The molecule has 0 aliphatic carbocycles. The van der Waals surface area contributed by atoms with Crippen molar-refractivity contribution >= 4 is 10.9 Å². The lowest BCUT2D eigenvalue weighted by Crippen LogP contribution is -3.17. The number of benzene rings is 1. The van der Waals surface area contributed by atoms with Crippen molar-refractivity contribution < 1.29 is 14.7 Å². The van der Waals surface area contributed by atoms with Gasteiger partial charge in [-0.15, -0.1) is 6.58 Å². The van der Waals surface area contributed by atoms with Gasteiger partial charge in [-0.3, -0.25) is 4.98 Å². The lowest BCUT2D eigenvalue weighted by atomic mass is 9.69. The van der Waals surface area contributed by atoms with Crippen LogP contribution in [0.5, 0.6) is 5.75 Å². The van der Waals surface area contributed by atoms with Gasteiger partial charge in [0.1, 0.15) is 5.75 Å². The predicted octanol–water partition coefficient (Wildman–Crippen LogP) is 1.61. The number of nitrogens with zero attached hydrogens (tertiary/aromatic N) is 1. The summed E-state index contributed by atoms with van der Waals surface area (Å²) in [5.41, 5.74) is 1.88. The highest BCUT2D eigenvalue weighted by molar-refractivity contribution is 5.83. The second kappa shape index (κ2) is 6.19. The van der Waals surface area contributed by atoms with E-state index in [9.17, 15) is 5.11 Å². The minimum atomic E-state index is -0.467. The number of ether oxygens (including phenoxy) is 1. The van der Waals surface area contributed by atoms with E-state index in [1.54, 1.807) is 18.2 Å². The third-order valence-corrected chi connectivity index (χ3v) is 5.99. The van der Waals surface area contributed by atoms with E-state index in [0.29, 0.717) is 11.8 Å². The highest BCUT2D eigenvalue weighted by atomic mass is 16.5.